The number of allylic oxidation sites excluding steroid dienone is 2. The summed E-state index contributed by atoms with van der Waals surface area (Å²) in [4.78, 5) is 0. The van der Waals surface area contributed by atoms with Gasteiger partial charge in [-0.3, -0.25) is 0 Å². The van der Waals surface area contributed by atoms with Crippen LogP contribution in [0, 0.1) is 0 Å². The molecule has 0 aliphatic carbocycles. The van der Waals surface area contributed by atoms with E-state index in [1.807, 2.05) is 20.8 Å². The lowest BCUT2D eigenvalue weighted by Gasteiger charge is -2.06. The van der Waals surface area contributed by atoms with Gasteiger partial charge in [0.1, 0.15) is 5.76 Å². The summed E-state index contributed by atoms with van der Waals surface area (Å²) < 4.78 is 5.05. The Morgan fingerprint density at radius 3 is 1.45 bits per heavy atom. The van der Waals surface area contributed by atoms with Crippen molar-refractivity contribution in [3.8, 4) is 0 Å². The number of hydrogen-bond acceptors (Lipinski definition) is 1. The van der Waals surface area contributed by atoms with E-state index in [4.69, 9.17) is 4.74 Å². The highest BCUT2D eigenvalue weighted by atomic mass is 16.5. The van der Waals surface area contributed by atoms with Gasteiger partial charge in [-0.1, -0.05) is 6.58 Å². The molecule has 0 fully saturated rings. The molecule has 0 rings (SSSR count). The van der Waals surface area contributed by atoms with Crippen molar-refractivity contribution >= 4 is 0 Å². The maximum Gasteiger partial charge on any atom is 0.119 e. The molecule has 1 heteroatoms. The number of ether oxygens (including phenoxy) is 1. The summed E-state index contributed by atoms with van der Waals surface area (Å²) in [5, 5.41) is 0. The summed E-state index contributed by atoms with van der Waals surface area (Å²) in [5.41, 5.74) is 2.16. The number of hydrogen-bond donors (Lipinski definition) is 0. The molecular formula is C10H18O. The summed E-state index contributed by atoms with van der Waals surface area (Å²) in [5.74, 6) is 0.912. The predicted molar refractivity (Wildman–Crippen MR) is 51.5 cm³/mol. The van der Waals surface area contributed by atoms with Crippen LogP contribution in [-0.2, 0) is 4.74 Å². The van der Waals surface area contributed by atoms with Crippen LogP contribution in [0.5, 0.6) is 0 Å². The molecule has 0 aromatic carbocycles. The standard InChI is InChI=1S/C8H14O.C2H4/c1-6(2)8(9-5)7(3)4;1-2/h1H2,2-5H3;1-2H2. The van der Waals surface area contributed by atoms with E-state index in [0.717, 1.165) is 11.3 Å². The van der Waals surface area contributed by atoms with Crippen molar-refractivity contribution in [2.75, 3.05) is 7.11 Å². The van der Waals surface area contributed by atoms with E-state index < -0.39 is 0 Å². The van der Waals surface area contributed by atoms with Crippen LogP contribution in [0.15, 0.2) is 36.6 Å². The van der Waals surface area contributed by atoms with Gasteiger partial charge in [-0.15, -0.1) is 13.2 Å². The molecule has 0 aromatic heterocycles. The zero-order chi connectivity index (χ0) is 9.44. The Balaban J connectivity index is 0. The fraction of sp³-hybridized carbons (Fsp3) is 0.400. The van der Waals surface area contributed by atoms with Gasteiger partial charge in [0.05, 0.1) is 7.11 Å². The van der Waals surface area contributed by atoms with Gasteiger partial charge in [0, 0.05) is 0 Å². The molecule has 0 saturated heterocycles. The van der Waals surface area contributed by atoms with E-state index in [2.05, 4.69) is 19.7 Å². The molecule has 0 unspecified atom stereocenters. The Hall–Kier alpha value is -0.980. The van der Waals surface area contributed by atoms with Gasteiger partial charge >= 0.3 is 0 Å². The van der Waals surface area contributed by atoms with E-state index >= 15 is 0 Å². The molecular weight excluding hydrogens is 136 g/mol. The van der Waals surface area contributed by atoms with Crippen LogP contribution in [0.2, 0.25) is 0 Å². The second-order valence-electron chi connectivity index (χ2n) is 2.31. The maximum atomic E-state index is 5.05. The third-order valence-corrected chi connectivity index (χ3v) is 1.05. The van der Waals surface area contributed by atoms with Crippen molar-refractivity contribution in [3.63, 3.8) is 0 Å². The Morgan fingerprint density at radius 2 is 1.45 bits per heavy atom. The van der Waals surface area contributed by atoms with E-state index in [-0.39, 0.29) is 0 Å². The Labute approximate surface area is 70.1 Å². The second-order valence-corrected chi connectivity index (χ2v) is 2.31. The van der Waals surface area contributed by atoms with Crippen molar-refractivity contribution in [3.05, 3.63) is 36.6 Å². The minimum atomic E-state index is 0.912. The van der Waals surface area contributed by atoms with Crippen LogP contribution in [0.4, 0.5) is 0 Å². The number of methoxy groups -OCH3 is 1. The SMILES string of the molecule is C=C.C=C(C)C(OC)=C(C)C. The van der Waals surface area contributed by atoms with Crippen LogP contribution in [0.3, 0.4) is 0 Å². The average molecular weight is 154 g/mol. The third kappa shape index (κ3) is 5.46. The van der Waals surface area contributed by atoms with Crippen LogP contribution in [0.1, 0.15) is 20.8 Å². The maximum absolute atomic E-state index is 5.05. The predicted octanol–water partition coefficient (Wildman–Crippen LogP) is 3.31. The van der Waals surface area contributed by atoms with E-state index in [1.54, 1.807) is 7.11 Å². The quantitative estimate of drug-likeness (QED) is 0.337. The molecule has 0 aromatic rings. The summed E-state index contributed by atoms with van der Waals surface area (Å²) in [6, 6.07) is 0. The first-order valence-corrected chi connectivity index (χ1v) is 3.47. The minimum absolute atomic E-state index is 0.912. The van der Waals surface area contributed by atoms with Gasteiger partial charge < -0.3 is 4.74 Å². The zero-order valence-electron chi connectivity index (χ0n) is 8.03. The molecule has 0 N–H and O–H groups in total. The lowest BCUT2D eigenvalue weighted by molar-refractivity contribution is 0.296. The molecule has 11 heavy (non-hydrogen) atoms. The smallest absolute Gasteiger partial charge is 0.119 e. The van der Waals surface area contributed by atoms with Crippen LogP contribution < -0.4 is 0 Å². The fourth-order valence-corrected chi connectivity index (χ4v) is 0.805. The van der Waals surface area contributed by atoms with Crippen molar-refractivity contribution in [1.82, 2.24) is 0 Å². The molecule has 0 heterocycles. The van der Waals surface area contributed by atoms with Gasteiger partial charge in [-0.25, -0.2) is 0 Å². The molecule has 0 amide bonds. The number of rotatable bonds is 2. The lowest BCUT2D eigenvalue weighted by Crippen LogP contribution is -1.89. The highest BCUT2D eigenvalue weighted by Crippen LogP contribution is 2.11. The summed E-state index contributed by atoms with van der Waals surface area (Å²) in [7, 11) is 1.66. The fourth-order valence-electron chi connectivity index (χ4n) is 0.805. The molecule has 0 spiro atoms. The minimum Gasteiger partial charge on any atom is -0.497 e. The topological polar surface area (TPSA) is 9.23 Å². The Kier molecular flexibility index (Phi) is 8.22. The van der Waals surface area contributed by atoms with Gasteiger partial charge in [-0.05, 0) is 31.9 Å². The molecule has 1 nitrogen and oxygen atoms in total. The highest BCUT2D eigenvalue weighted by Gasteiger charge is 1.96. The molecule has 0 bridgehead atoms. The van der Waals surface area contributed by atoms with Gasteiger partial charge in [0.2, 0.25) is 0 Å². The van der Waals surface area contributed by atoms with Crippen LogP contribution >= 0.6 is 0 Å². The zero-order valence-corrected chi connectivity index (χ0v) is 8.03. The summed E-state index contributed by atoms with van der Waals surface area (Å²) in [6.45, 7) is 15.7. The lowest BCUT2D eigenvalue weighted by atomic mass is 10.2. The first kappa shape index (κ1) is 12.7. The van der Waals surface area contributed by atoms with Gasteiger partial charge in [0.25, 0.3) is 0 Å². The first-order valence-electron chi connectivity index (χ1n) is 3.47. The van der Waals surface area contributed by atoms with E-state index in [0.29, 0.717) is 0 Å². The van der Waals surface area contributed by atoms with Gasteiger partial charge in [0.15, 0.2) is 0 Å². The van der Waals surface area contributed by atoms with Crippen molar-refractivity contribution in [2.24, 2.45) is 0 Å². The molecule has 0 aliphatic heterocycles. The van der Waals surface area contributed by atoms with Crippen LogP contribution in [0.25, 0.3) is 0 Å². The molecule has 0 radical (unpaired) electrons. The molecule has 0 atom stereocenters. The summed E-state index contributed by atoms with van der Waals surface area (Å²) in [6.07, 6.45) is 0. The van der Waals surface area contributed by atoms with Crippen LogP contribution in [-0.4, -0.2) is 7.11 Å². The van der Waals surface area contributed by atoms with Crippen molar-refractivity contribution < 1.29 is 4.74 Å². The average Bonchev–Trinajstić information content (AvgIpc) is 1.91. The highest BCUT2D eigenvalue weighted by molar-refractivity contribution is 5.23. The van der Waals surface area contributed by atoms with E-state index in [9.17, 15) is 0 Å². The second kappa shape index (κ2) is 7.13. The monoisotopic (exact) mass is 154 g/mol. The van der Waals surface area contributed by atoms with Crippen molar-refractivity contribution in [2.45, 2.75) is 20.8 Å². The first-order chi connectivity index (χ1) is 5.09. The Bertz CT molecular complexity index is 150. The van der Waals surface area contributed by atoms with E-state index in [1.165, 1.54) is 5.57 Å². The third-order valence-electron chi connectivity index (χ3n) is 1.05. The van der Waals surface area contributed by atoms with Gasteiger partial charge in [-0.2, -0.15) is 0 Å². The molecule has 64 valence electrons. The largest absolute Gasteiger partial charge is 0.497 e. The molecule has 0 saturated carbocycles. The summed E-state index contributed by atoms with van der Waals surface area (Å²) >= 11 is 0. The normalized spacial score (nSPS) is 7.27. The Morgan fingerprint density at radius 1 is 1.09 bits per heavy atom. The van der Waals surface area contributed by atoms with Crippen molar-refractivity contribution in [1.29, 1.82) is 0 Å². The molecule has 0 aliphatic rings.